The monoisotopic (exact) mass is 329 g/mol. The van der Waals surface area contributed by atoms with E-state index in [1.807, 2.05) is 24.0 Å². The van der Waals surface area contributed by atoms with E-state index in [1.54, 1.807) is 18.5 Å². The van der Waals surface area contributed by atoms with Gasteiger partial charge in [-0.2, -0.15) is 0 Å². The summed E-state index contributed by atoms with van der Waals surface area (Å²) in [4.78, 5) is 20.6. The van der Waals surface area contributed by atoms with Crippen LogP contribution >= 0.6 is 11.6 Å². The lowest BCUT2D eigenvalue weighted by Gasteiger charge is -2.37. The Kier molecular flexibility index (Phi) is 4.53. The number of piperazine rings is 1. The molecular weight excluding hydrogens is 310 g/mol. The third-order valence-electron chi connectivity index (χ3n) is 4.19. The number of pyridine rings is 1. The average molecular weight is 330 g/mol. The lowest BCUT2D eigenvalue weighted by molar-refractivity contribution is 0.0746. The van der Waals surface area contributed by atoms with Crippen molar-refractivity contribution in [1.29, 1.82) is 0 Å². The number of anilines is 1. The number of amides is 1. The van der Waals surface area contributed by atoms with Crippen LogP contribution in [0.4, 0.5) is 5.69 Å². The first-order chi connectivity index (χ1) is 11.1. The summed E-state index contributed by atoms with van der Waals surface area (Å²) in [5.74, 6) is 0.0458. The minimum Gasteiger partial charge on any atom is -0.367 e. The summed E-state index contributed by atoms with van der Waals surface area (Å²) in [6.07, 6.45) is 3.30. The van der Waals surface area contributed by atoms with Gasteiger partial charge >= 0.3 is 0 Å². The number of rotatable bonds is 2. The molecule has 23 heavy (non-hydrogen) atoms. The van der Waals surface area contributed by atoms with Crippen molar-refractivity contribution in [3.05, 3.63) is 58.4 Å². The van der Waals surface area contributed by atoms with Crippen molar-refractivity contribution in [3.8, 4) is 0 Å². The fourth-order valence-corrected chi connectivity index (χ4v) is 3.55. The van der Waals surface area contributed by atoms with Gasteiger partial charge in [-0.15, -0.1) is 0 Å². The smallest absolute Gasteiger partial charge is 0.255 e. The summed E-state index contributed by atoms with van der Waals surface area (Å²) in [6, 6.07) is 7.74. The predicted molar refractivity (Wildman–Crippen MR) is 93.3 cm³/mol. The van der Waals surface area contributed by atoms with Crippen molar-refractivity contribution in [1.82, 2.24) is 9.88 Å². The molecule has 0 unspecified atom stereocenters. The zero-order valence-corrected chi connectivity index (χ0v) is 14.2. The molecule has 0 aliphatic carbocycles. The maximum absolute atomic E-state index is 12.5. The number of nitrogens with zero attached hydrogens (tertiary/aromatic N) is 3. The van der Waals surface area contributed by atoms with E-state index in [4.69, 9.17) is 11.6 Å². The van der Waals surface area contributed by atoms with Crippen LogP contribution in [0.2, 0.25) is 5.02 Å². The summed E-state index contributed by atoms with van der Waals surface area (Å²) < 4.78 is 0. The first kappa shape index (κ1) is 15.8. The molecule has 1 saturated heterocycles. The highest BCUT2D eigenvalue weighted by Gasteiger charge is 2.24. The molecular formula is C18H20ClN3O. The Bertz CT molecular complexity index is 686. The largest absolute Gasteiger partial charge is 0.367 e. The number of halogens is 1. The minimum atomic E-state index is 0.0458. The van der Waals surface area contributed by atoms with E-state index in [2.05, 4.69) is 22.9 Å². The number of hydrogen-bond acceptors (Lipinski definition) is 3. The van der Waals surface area contributed by atoms with Gasteiger partial charge in [0.15, 0.2) is 0 Å². The van der Waals surface area contributed by atoms with Crippen molar-refractivity contribution in [2.24, 2.45) is 0 Å². The van der Waals surface area contributed by atoms with Crippen LogP contribution in [0, 0.1) is 13.8 Å². The van der Waals surface area contributed by atoms with Crippen molar-refractivity contribution < 1.29 is 4.79 Å². The van der Waals surface area contributed by atoms with E-state index >= 15 is 0 Å². The van der Waals surface area contributed by atoms with Crippen molar-refractivity contribution in [2.75, 3.05) is 31.1 Å². The van der Waals surface area contributed by atoms with Crippen molar-refractivity contribution in [3.63, 3.8) is 0 Å². The Hall–Kier alpha value is -2.07. The highest BCUT2D eigenvalue weighted by Crippen LogP contribution is 2.31. The Morgan fingerprint density at radius 2 is 1.91 bits per heavy atom. The fourth-order valence-electron chi connectivity index (χ4n) is 3.11. The number of aryl methyl sites for hydroxylation is 2. The topological polar surface area (TPSA) is 36.4 Å². The second-order valence-corrected chi connectivity index (χ2v) is 6.34. The SMILES string of the molecule is Cc1cc(C)c(N2CCN(C(=O)c3cccnc3)CC2)c(Cl)c1. The Morgan fingerprint density at radius 3 is 2.52 bits per heavy atom. The maximum atomic E-state index is 12.5. The molecule has 120 valence electrons. The van der Waals surface area contributed by atoms with Gasteiger partial charge in [-0.3, -0.25) is 9.78 Å². The second kappa shape index (κ2) is 6.59. The van der Waals surface area contributed by atoms with E-state index in [0.717, 1.165) is 23.8 Å². The molecule has 0 saturated carbocycles. The first-order valence-corrected chi connectivity index (χ1v) is 8.15. The van der Waals surface area contributed by atoms with Crippen LogP contribution in [0.15, 0.2) is 36.7 Å². The zero-order valence-electron chi connectivity index (χ0n) is 13.4. The number of carbonyl (C=O) groups excluding carboxylic acids is 1. The lowest BCUT2D eigenvalue weighted by atomic mass is 10.1. The molecule has 0 atom stereocenters. The van der Waals surface area contributed by atoms with Gasteiger partial charge in [0.1, 0.15) is 0 Å². The summed E-state index contributed by atoms with van der Waals surface area (Å²) in [5, 5.41) is 0.787. The molecule has 1 aromatic carbocycles. The average Bonchev–Trinajstić information content (AvgIpc) is 2.55. The fraction of sp³-hybridized carbons (Fsp3) is 0.333. The normalized spacial score (nSPS) is 14.9. The summed E-state index contributed by atoms with van der Waals surface area (Å²) in [6.45, 7) is 7.09. The molecule has 1 aliphatic rings. The van der Waals surface area contributed by atoms with Gasteiger partial charge in [0.25, 0.3) is 5.91 Å². The van der Waals surface area contributed by atoms with Gasteiger partial charge in [-0.25, -0.2) is 0 Å². The molecule has 0 bridgehead atoms. The Labute approximate surface area is 141 Å². The highest BCUT2D eigenvalue weighted by molar-refractivity contribution is 6.33. The van der Waals surface area contributed by atoms with Crippen LogP contribution in [-0.4, -0.2) is 42.0 Å². The maximum Gasteiger partial charge on any atom is 0.255 e. The van der Waals surface area contributed by atoms with Crippen LogP contribution < -0.4 is 4.90 Å². The Morgan fingerprint density at radius 1 is 1.17 bits per heavy atom. The molecule has 1 amide bonds. The van der Waals surface area contributed by atoms with Crippen LogP contribution in [0.1, 0.15) is 21.5 Å². The minimum absolute atomic E-state index is 0.0458. The highest BCUT2D eigenvalue weighted by atomic mass is 35.5. The van der Waals surface area contributed by atoms with E-state index in [-0.39, 0.29) is 5.91 Å². The van der Waals surface area contributed by atoms with Gasteiger partial charge in [0.05, 0.1) is 16.3 Å². The molecule has 1 fully saturated rings. The van der Waals surface area contributed by atoms with Gasteiger partial charge in [0, 0.05) is 38.6 Å². The van der Waals surface area contributed by atoms with Crippen LogP contribution in [0.25, 0.3) is 0 Å². The Balaban J connectivity index is 1.71. The number of carbonyl (C=O) groups is 1. The summed E-state index contributed by atoms with van der Waals surface area (Å²) in [5.41, 5.74) is 4.08. The van der Waals surface area contributed by atoms with E-state index in [1.165, 1.54) is 11.1 Å². The van der Waals surface area contributed by atoms with E-state index < -0.39 is 0 Å². The molecule has 4 nitrogen and oxygen atoms in total. The van der Waals surface area contributed by atoms with Crippen LogP contribution in [0.3, 0.4) is 0 Å². The van der Waals surface area contributed by atoms with Crippen LogP contribution in [0.5, 0.6) is 0 Å². The second-order valence-electron chi connectivity index (χ2n) is 5.93. The van der Waals surface area contributed by atoms with Gasteiger partial charge in [0.2, 0.25) is 0 Å². The van der Waals surface area contributed by atoms with E-state index in [0.29, 0.717) is 18.7 Å². The molecule has 0 spiro atoms. The van der Waals surface area contributed by atoms with Gasteiger partial charge in [-0.1, -0.05) is 17.7 Å². The standard InChI is InChI=1S/C18H20ClN3O/c1-13-10-14(2)17(16(19)11-13)21-6-8-22(9-7-21)18(23)15-4-3-5-20-12-15/h3-5,10-12H,6-9H2,1-2H3. The van der Waals surface area contributed by atoms with Crippen LogP contribution in [-0.2, 0) is 0 Å². The predicted octanol–water partition coefficient (Wildman–Crippen LogP) is 3.31. The molecule has 0 N–H and O–H groups in total. The number of aromatic nitrogens is 1. The number of hydrogen-bond donors (Lipinski definition) is 0. The first-order valence-electron chi connectivity index (χ1n) is 7.77. The molecule has 0 radical (unpaired) electrons. The van der Waals surface area contributed by atoms with Gasteiger partial charge < -0.3 is 9.80 Å². The third-order valence-corrected chi connectivity index (χ3v) is 4.48. The third kappa shape index (κ3) is 3.32. The van der Waals surface area contributed by atoms with Crippen molar-refractivity contribution >= 4 is 23.2 Å². The van der Waals surface area contributed by atoms with Crippen molar-refractivity contribution in [2.45, 2.75) is 13.8 Å². The molecule has 5 heteroatoms. The number of benzene rings is 1. The zero-order chi connectivity index (χ0) is 16.4. The summed E-state index contributed by atoms with van der Waals surface area (Å²) >= 11 is 6.43. The molecule has 1 aromatic heterocycles. The van der Waals surface area contributed by atoms with Gasteiger partial charge in [-0.05, 0) is 43.2 Å². The molecule has 2 heterocycles. The lowest BCUT2D eigenvalue weighted by Crippen LogP contribution is -2.49. The molecule has 1 aliphatic heterocycles. The molecule has 2 aromatic rings. The van der Waals surface area contributed by atoms with E-state index in [9.17, 15) is 4.79 Å². The summed E-state index contributed by atoms with van der Waals surface area (Å²) in [7, 11) is 0. The molecule has 3 rings (SSSR count). The quantitative estimate of drug-likeness (QED) is 0.848.